The molecule has 0 bridgehead atoms. The first-order valence-corrected chi connectivity index (χ1v) is 6.24. The van der Waals surface area contributed by atoms with Gasteiger partial charge in [0.1, 0.15) is 17.3 Å². The van der Waals surface area contributed by atoms with Gasteiger partial charge in [-0.15, -0.1) is 0 Å². The number of rotatable bonds is 2. The van der Waals surface area contributed by atoms with Crippen molar-refractivity contribution in [2.45, 2.75) is 13.8 Å². The van der Waals surface area contributed by atoms with Crippen LogP contribution in [-0.2, 0) is 7.05 Å². The van der Waals surface area contributed by atoms with E-state index in [2.05, 4.69) is 4.98 Å². The summed E-state index contributed by atoms with van der Waals surface area (Å²) in [6.07, 6.45) is 0. The van der Waals surface area contributed by atoms with Crippen molar-refractivity contribution < 1.29 is 14.3 Å². The van der Waals surface area contributed by atoms with Crippen molar-refractivity contribution >= 4 is 17.0 Å². The Kier molecular flexibility index (Phi) is 2.64. The highest BCUT2D eigenvalue weighted by atomic mass is 16.4. The van der Waals surface area contributed by atoms with Gasteiger partial charge < -0.3 is 14.1 Å². The molecule has 0 fully saturated rings. The van der Waals surface area contributed by atoms with Crippen molar-refractivity contribution in [1.29, 1.82) is 0 Å². The van der Waals surface area contributed by atoms with Gasteiger partial charge in [0, 0.05) is 7.05 Å². The Morgan fingerprint density at radius 2 is 2.05 bits per heavy atom. The fraction of sp³-hybridized carbons (Fsp3) is 0.200. The number of nitrogens with zero attached hydrogens (tertiary/aromatic N) is 2. The first kappa shape index (κ1) is 12.5. The molecule has 1 N–H and O–H groups in total. The zero-order valence-electron chi connectivity index (χ0n) is 11.5. The van der Waals surface area contributed by atoms with Crippen LogP contribution >= 0.6 is 0 Å². The summed E-state index contributed by atoms with van der Waals surface area (Å²) in [5.74, 6) is 1.46. The molecule has 0 aliphatic heterocycles. The quantitative estimate of drug-likeness (QED) is 0.776. The van der Waals surface area contributed by atoms with E-state index in [9.17, 15) is 4.79 Å². The van der Waals surface area contributed by atoms with Gasteiger partial charge in [-0.1, -0.05) is 0 Å². The maximum atomic E-state index is 11.0. The molecule has 0 atom stereocenters. The van der Waals surface area contributed by atoms with Crippen molar-refractivity contribution in [1.82, 2.24) is 9.55 Å². The van der Waals surface area contributed by atoms with Crippen LogP contribution in [0.3, 0.4) is 0 Å². The van der Waals surface area contributed by atoms with Crippen LogP contribution in [-0.4, -0.2) is 20.6 Å². The van der Waals surface area contributed by atoms with Crippen LogP contribution in [0.5, 0.6) is 0 Å². The minimum atomic E-state index is -0.950. The molecular formula is C15H14N2O3. The predicted octanol–water partition coefficient (Wildman–Crippen LogP) is 3.15. The summed E-state index contributed by atoms with van der Waals surface area (Å²) < 4.78 is 7.48. The molecule has 0 spiro atoms. The number of benzene rings is 1. The summed E-state index contributed by atoms with van der Waals surface area (Å²) in [5.41, 5.74) is 2.73. The van der Waals surface area contributed by atoms with E-state index in [4.69, 9.17) is 9.52 Å². The number of hydrogen-bond donors (Lipinski definition) is 1. The van der Waals surface area contributed by atoms with Gasteiger partial charge in [0.25, 0.3) is 0 Å². The zero-order chi connectivity index (χ0) is 14.4. The molecule has 3 aromatic rings. The van der Waals surface area contributed by atoms with E-state index in [0.29, 0.717) is 5.52 Å². The van der Waals surface area contributed by atoms with Crippen LogP contribution in [0.1, 0.15) is 21.9 Å². The smallest absolute Gasteiger partial charge is 0.335 e. The van der Waals surface area contributed by atoms with Gasteiger partial charge in [-0.3, -0.25) is 0 Å². The molecule has 0 saturated carbocycles. The van der Waals surface area contributed by atoms with Crippen molar-refractivity contribution in [2.75, 3.05) is 0 Å². The van der Waals surface area contributed by atoms with Gasteiger partial charge in [0.2, 0.25) is 0 Å². The predicted molar refractivity (Wildman–Crippen MR) is 74.8 cm³/mol. The summed E-state index contributed by atoms with van der Waals surface area (Å²) in [4.78, 5) is 15.6. The molecule has 0 amide bonds. The second kappa shape index (κ2) is 4.23. The molecule has 0 radical (unpaired) electrons. The third kappa shape index (κ3) is 1.79. The van der Waals surface area contributed by atoms with Crippen LogP contribution in [0.4, 0.5) is 0 Å². The van der Waals surface area contributed by atoms with E-state index in [1.807, 2.05) is 31.5 Å². The van der Waals surface area contributed by atoms with E-state index in [0.717, 1.165) is 28.4 Å². The van der Waals surface area contributed by atoms with Gasteiger partial charge >= 0.3 is 5.97 Å². The SMILES string of the molecule is Cc1cc(-c2nc3cc(C(=O)O)ccc3n2C)c(C)o1. The second-order valence-electron chi connectivity index (χ2n) is 4.83. The molecule has 0 aliphatic carbocycles. The lowest BCUT2D eigenvalue weighted by Gasteiger charge is -2.00. The summed E-state index contributed by atoms with van der Waals surface area (Å²) in [7, 11) is 1.91. The number of hydrogen-bond acceptors (Lipinski definition) is 3. The number of carboxylic acids is 1. The Balaban J connectivity index is 2.25. The van der Waals surface area contributed by atoms with Crippen molar-refractivity contribution in [2.24, 2.45) is 7.05 Å². The Bertz CT molecular complexity index is 827. The molecular weight excluding hydrogens is 256 g/mol. The van der Waals surface area contributed by atoms with Crippen LogP contribution in [0.15, 0.2) is 28.7 Å². The maximum Gasteiger partial charge on any atom is 0.335 e. The van der Waals surface area contributed by atoms with Crippen molar-refractivity contribution in [3.8, 4) is 11.4 Å². The minimum Gasteiger partial charge on any atom is -0.478 e. The van der Waals surface area contributed by atoms with Crippen LogP contribution < -0.4 is 0 Å². The molecule has 1 aromatic carbocycles. The lowest BCUT2D eigenvalue weighted by atomic mass is 10.2. The number of furan rings is 1. The van der Waals surface area contributed by atoms with Crippen LogP contribution in [0, 0.1) is 13.8 Å². The van der Waals surface area contributed by atoms with Gasteiger partial charge in [-0.05, 0) is 38.1 Å². The summed E-state index contributed by atoms with van der Waals surface area (Å²) in [6.45, 7) is 3.78. The van der Waals surface area contributed by atoms with Gasteiger partial charge in [-0.2, -0.15) is 0 Å². The lowest BCUT2D eigenvalue weighted by molar-refractivity contribution is 0.0697. The Hall–Kier alpha value is -2.56. The molecule has 5 heteroatoms. The van der Waals surface area contributed by atoms with E-state index in [1.54, 1.807) is 18.2 Å². The number of aromatic nitrogens is 2. The Morgan fingerprint density at radius 1 is 1.30 bits per heavy atom. The monoisotopic (exact) mass is 270 g/mol. The normalized spacial score (nSPS) is 11.2. The zero-order valence-corrected chi connectivity index (χ0v) is 11.5. The highest BCUT2D eigenvalue weighted by molar-refractivity contribution is 5.93. The number of imidazole rings is 1. The Morgan fingerprint density at radius 3 is 2.65 bits per heavy atom. The number of fused-ring (bicyclic) bond motifs is 1. The van der Waals surface area contributed by atoms with Gasteiger partial charge in [0.05, 0.1) is 22.2 Å². The average Bonchev–Trinajstić information content (AvgIpc) is 2.89. The highest BCUT2D eigenvalue weighted by Gasteiger charge is 2.16. The molecule has 20 heavy (non-hydrogen) atoms. The van der Waals surface area contributed by atoms with Crippen LogP contribution in [0.2, 0.25) is 0 Å². The molecule has 102 valence electrons. The third-order valence-corrected chi connectivity index (χ3v) is 3.41. The van der Waals surface area contributed by atoms with Gasteiger partial charge in [-0.25, -0.2) is 9.78 Å². The van der Waals surface area contributed by atoms with E-state index >= 15 is 0 Å². The van der Waals surface area contributed by atoms with E-state index < -0.39 is 5.97 Å². The average molecular weight is 270 g/mol. The third-order valence-electron chi connectivity index (χ3n) is 3.41. The number of aryl methyl sites for hydroxylation is 3. The summed E-state index contributed by atoms with van der Waals surface area (Å²) in [5, 5.41) is 9.04. The molecule has 2 aromatic heterocycles. The number of carboxylic acid groups (broad SMARTS) is 1. The van der Waals surface area contributed by atoms with E-state index in [-0.39, 0.29) is 5.56 Å². The highest BCUT2D eigenvalue weighted by Crippen LogP contribution is 2.28. The molecule has 5 nitrogen and oxygen atoms in total. The molecule has 0 aliphatic rings. The topological polar surface area (TPSA) is 68.3 Å². The maximum absolute atomic E-state index is 11.0. The first-order valence-electron chi connectivity index (χ1n) is 6.24. The minimum absolute atomic E-state index is 0.238. The van der Waals surface area contributed by atoms with Crippen LogP contribution in [0.25, 0.3) is 22.4 Å². The van der Waals surface area contributed by atoms with Gasteiger partial charge in [0.15, 0.2) is 0 Å². The molecule has 3 rings (SSSR count). The molecule has 2 heterocycles. The van der Waals surface area contributed by atoms with Crippen molar-refractivity contribution in [3.05, 3.63) is 41.3 Å². The second-order valence-corrected chi connectivity index (χ2v) is 4.83. The summed E-state index contributed by atoms with van der Waals surface area (Å²) >= 11 is 0. The number of carbonyl (C=O) groups is 1. The van der Waals surface area contributed by atoms with E-state index in [1.165, 1.54) is 0 Å². The molecule has 0 saturated heterocycles. The summed E-state index contributed by atoms with van der Waals surface area (Å²) in [6, 6.07) is 6.89. The fourth-order valence-electron chi connectivity index (χ4n) is 2.43. The molecule has 0 unspecified atom stereocenters. The first-order chi connectivity index (χ1) is 9.47. The fourth-order valence-corrected chi connectivity index (χ4v) is 2.43. The standard InChI is InChI=1S/C15H14N2O3/c1-8-6-11(9(2)20-8)14-16-12-7-10(15(18)19)4-5-13(12)17(14)3/h4-7H,1-3H3,(H,18,19). The lowest BCUT2D eigenvalue weighted by Crippen LogP contribution is -1.95. The Labute approximate surface area is 115 Å². The number of aromatic carboxylic acids is 1. The largest absolute Gasteiger partial charge is 0.478 e. The van der Waals surface area contributed by atoms with Crippen molar-refractivity contribution in [3.63, 3.8) is 0 Å².